The van der Waals surface area contributed by atoms with Crippen LogP contribution in [0.4, 0.5) is 5.69 Å². The molecule has 0 fully saturated rings. The Morgan fingerprint density at radius 2 is 1.69 bits per heavy atom. The van der Waals surface area contributed by atoms with E-state index in [1.807, 2.05) is 65.6 Å². The van der Waals surface area contributed by atoms with Crippen LogP contribution in [-0.4, -0.2) is 55.1 Å². The number of nitrogens with two attached hydrogens (primary N) is 3. The Hall–Kier alpha value is -3.37. The Bertz CT molecular complexity index is 1110. The average Bonchev–Trinajstić information content (AvgIpc) is 2.90. The number of rotatable bonds is 14. The average molecular weight is 493 g/mol. The molecule has 2 atom stereocenters. The van der Waals surface area contributed by atoms with Crippen LogP contribution in [0.25, 0.3) is 10.9 Å². The number of aromatic nitrogens is 1. The summed E-state index contributed by atoms with van der Waals surface area (Å²) in [6.45, 7) is 2.35. The molecule has 36 heavy (non-hydrogen) atoms. The van der Waals surface area contributed by atoms with E-state index in [0.717, 1.165) is 16.5 Å². The number of aryl methyl sites for hydroxylation is 1. The topological polar surface area (TPSA) is 154 Å². The van der Waals surface area contributed by atoms with Crippen molar-refractivity contribution in [1.82, 2.24) is 10.2 Å². The van der Waals surface area contributed by atoms with Gasteiger partial charge in [0.1, 0.15) is 11.7 Å². The number of hydrogen-bond donors (Lipinski definition) is 5. The second-order valence-corrected chi connectivity index (χ2v) is 8.89. The van der Waals surface area contributed by atoms with E-state index in [-0.39, 0.29) is 11.8 Å². The largest absolute Gasteiger partial charge is 0.343 e. The van der Waals surface area contributed by atoms with Crippen LogP contribution in [0.3, 0.4) is 0 Å². The first-order valence-corrected chi connectivity index (χ1v) is 12.4. The summed E-state index contributed by atoms with van der Waals surface area (Å²) in [5.74, 6) is -0.626. The van der Waals surface area contributed by atoms with Crippen LogP contribution in [0.1, 0.15) is 24.8 Å². The summed E-state index contributed by atoms with van der Waals surface area (Å²) in [5, 5.41) is 6.79. The lowest BCUT2D eigenvalue weighted by atomic mass is 10.0. The summed E-state index contributed by atoms with van der Waals surface area (Å²) in [6, 6.07) is 18.1. The molecule has 9 nitrogen and oxygen atoms in total. The molecule has 9 N–H and O–H groups in total. The van der Waals surface area contributed by atoms with Crippen molar-refractivity contribution in [3.8, 4) is 0 Å². The Kier molecular flexibility index (Phi) is 10.8. The molecule has 9 heteroatoms. The van der Waals surface area contributed by atoms with E-state index in [4.69, 9.17) is 17.2 Å². The van der Waals surface area contributed by atoms with Crippen LogP contribution in [0, 0.1) is 0 Å². The zero-order valence-corrected chi connectivity index (χ0v) is 20.7. The van der Waals surface area contributed by atoms with E-state index >= 15 is 0 Å². The van der Waals surface area contributed by atoms with Crippen molar-refractivity contribution in [2.75, 3.05) is 31.6 Å². The van der Waals surface area contributed by atoms with Gasteiger partial charge in [0.05, 0.1) is 6.04 Å². The summed E-state index contributed by atoms with van der Waals surface area (Å²) in [4.78, 5) is 31.3. The molecule has 2 aromatic carbocycles. The lowest BCUT2D eigenvalue weighted by Gasteiger charge is -2.22. The number of aromatic amines is 1. The van der Waals surface area contributed by atoms with Gasteiger partial charge in [-0.3, -0.25) is 14.5 Å². The fourth-order valence-corrected chi connectivity index (χ4v) is 4.07. The second kappa shape index (κ2) is 14.3. The molecule has 0 bridgehead atoms. The number of hydrogen-bond acceptors (Lipinski definition) is 6. The minimum absolute atomic E-state index is 0.285. The smallest absolute Gasteiger partial charge is 0.247 e. The highest BCUT2D eigenvalue weighted by atomic mass is 16.2. The number of anilines is 1. The third kappa shape index (κ3) is 8.39. The van der Waals surface area contributed by atoms with Gasteiger partial charge in [-0.05, 0) is 49.9 Å². The van der Waals surface area contributed by atoms with Gasteiger partial charge in [-0.15, -0.1) is 0 Å². The number of benzene rings is 2. The van der Waals surface area contributed by atoms with Crippen LogP contribution in [-0.2, 0) is 16.0 Å². The van der Waals surface area contributed by atoms with Crippen LogP contribution in [0.15, 0.2) is 66.9 Å². The van der Waals surface area contributed by atoms with Gasteiger partial charge in [0.15, 0.2) is 6.20 Å². The SMILES string of the molecule is NCCN(CN)CCC[C@H](N)C(=O)N[C@H](CCc1ccccc1)C(=O)Nc1c[nH+]c2ccccc2c1. The Balaban J connectivity index is 1.63. The number of pyridine rings is 1. The highest BCUT2D eigenvalue weighted by Crippen LogP contribution is 2.15. The van der Waals surface area contributed by atoms with Gasteiger partial charge >= 0.3 is 0 Å². The van der Waals surface area contributed by atoms with Crippen LogP contribution in [0.5, 0.6) is 0 Å². The molecule has 1 aromatic heterocycles. The molecule has 2 amide bonds. The molecule has 0 aliphatic heterocycles. The highest BCUT2D eigenvalue weighted by Gasteiger charge is 2.24. The first-order valence-electron chi connectivity index (χ1n) is 12.4. The summed E-state index contributed by atoms with van der Waals surface area (Å²) < 4.78 is 0. The molecule has 0 unspecified atom stereocenters. The standard InChI is InChI=1S/C27H37N7O2/c28-14-16-34(19-29)15-6-10-23(30)26(35)33-25(13-12-20-7-2-1-3-8-20)27(36)32-22-17-21-9-4-5-11-24(21)31-18-22/h1-5,7-9,11,17-18,23,25H,6,10,12-16,19,28-30H2,(H,32,36)(H,33,35)/p+1/t23-,25+/m0/s1. The van der Waals surface area contributed by atoms with Crippen molar-refractivity contribution < 1.29 is 14.6 Å². The van der Waals surface area contributed by atoms with E-state index in [9.17, 15) is 9.59 Å². The molecular formula is C27H38N7O2+. The van der Waals surface area contributed by atoms with Gasteiger partial charge in [0.2, 0.25) is 17.3 Å². The quantitative estimate of drug-likeness (QED) is 0.212. The molecule has 3 aromatic rings. The van der Waals surface area contributed by atoms with Crippen LogP contribution >= 0.6 is 0 Å². The number of nitrogens with zero attached hydrogens (tertiary/aromatic N) is 1. The van der Waals surface area contributed by atoms with Gasteiger partial charge in [-0.1, -0.05) is 42.5 Å². The summed E-state index contributed by atoms with van der Waals surface area (Å²) in [7, 11) is 0. The number of carbonyl (C=O) groups is 2. The summed E-state index contributed by atoms with van der Waals surface area (Å²) in [6.07, 6.45) is 4.03. The normalized spacial score (nSPS) is 12.9. The maximum atomic E-state index is 13.2. The molecule has 1 heterocycles. The zero-order chi connectivity index (χ0) is 25.8. The van der Waals surface area contributed by atoms with Crippen molar-refractivity contribution in [3.05, 3.63) is 72.4 Å². The summed E-state index contributed by atoms with van der Waals surface area (Å²) >= 11 is 0. The number of H-pyrrole nitrogens is 1. The first kappa shape index (κ1) is 27.2. The third-order valence-electron chi connectivity index (χ3n) is 6.15. The lowest BCUT2D eigenvalue weighted by molar-refractivity contribution is -0.343. The molecule has 0 aliphatic rings. The molecule has 0 aliphatic carbocycles. The van der Waals surface area contributed by atoms with Crippen molar-refractivity contribution >= 4 is 28.4 Å². The third-order valence-corrected chi connectivity index (χ3v) is 6.15. The molecular weight excluding hydrogens is 454 g/mol. The fourth-order valence-electron chi connectivity index (χ4n) is 4.07. The molecule has 0 saturated carbocycles. The Morgan fingerprint density at radius 3 is 2.44 bits per heavy atom. The number of para-hydroxylation sites is 1. The van der Waals surface area contributed by atoms with Crippen molar-refractivity contribution in [1.29, 1.82) is 0 Å². The predicted octanol–water partition coefficient (Wildman–Crippen LogP) is 0.994. The molecule has 192 valence electrons. The maximum absolute atomic E-state index is 13.2. The first-order chi connectivity index (χ1) is 17.5. The van der Waals surface area contributed by atoms with Crippen LogP contribution < -0.4 is 32.8 Å². The van der Waals surface area contributed by atoms with Crippen LogP contribution in [0.2, 0.25) is 0 Å². The zero-order valence-electron chi connectivity index (χ0n) is 20.7. The number of fused-ring (bicyclic) bond motifs is 1. The van der Waals surface area contributed by atoms with E-state index < -0.39 is 12.1 Å². The fraction of sp³-hybridized carbons (Fsp3) is 0.370. The summed E-state index contributed by atoms with van der Waals surface area (Å²) in [5.41, 5.74) is 20.2. The van der Waals surface area contributed by atoms with E-state index in [1.165, 1.54) is 0 Å². The van der Waals surface area contributed by atoms with E-state index in [2.05, 4.69) is 15.6 Å². The Labute approximate surface area is 212 Å². The van der Waals surface area contributed by atoms with Crippen molar-refractivity contribution in [2.24, 2.45) is 17.2 Å². The number of amides is 2. The molecule has 0 spiro atoms. The van der Waals surface area contributed by atoms with Crippen molar-refractivity contribution in [2.45, 2.75) is 37.8 Å². The second-order valence-electron chi connectivity index (χ2n) is 8.89. The van der Waals surface area contributed by atoms with Gasteiger partial charge in [-0.25, -0.2) is 4.98 Å². The monoisotopic (exact) mass is 492 g/mol. The maximum Gasteiger partial charge on any atom is 0.247 e. The minimum atomic E-state index is -0.729. The van der Waals surface area contributed by atoms with Crippen molar-refractivity contribution in [3.63, 3.8) is 0 Å². The minimum Gasteiger partial charge on any atom is -0.343 e. The van der Waals surface area contributed by atoms with Gasteiger partial charge in [0.25, 0.3) is 0 Å². The molecule has 3 rings (SSSR count). The molecule has 0 saturated heterocycles. The highest BCUT2D eigenvalue weighted by molar-refractivity contribution is 5.98. The van der Waals surface area contributed by atoms with Gasteiger partial charge in [0, 0.05) is 31.2 Å². The number of nitrogens with one attached hydrogen (secondary N) is 3. The van der Waals surface area contributed by atoms with Gasteiger partial charge in [-0.2, -0.15) is 0 Å². The van der Waals surface area contributed by atoms with E-state index in [1.54, 1.807) is 6.20 Å². The Morgan fingerprint density at radius 1 is 0.944 bits per heavy atom. The van der Waals surface area contributed by atoms with Gasteiger partial charge < -0.3 is 27.8 Å². The molecule has 0 radical (unpaired) electrons. The van der Waals surface area contributed by atoms with E-state index in [0.29, 0.717) is 57.7 Å². The number of carbonyl (C=O) groups excluding carboxylic acids is 2. The predicted molar refractivity (Wildman–Crippen MR) is 143 cm³/mol. The lowest BCUT2D eigenvalue weighted by Crippen LogP contribution is -2.50.